The van der Waals surface area contributed by atoms with E-state index in [0.29, 0.717) is 11.4 Å². The number of para-hydroxylation sites is 1. The lowest BCUT2D eigenvalue weighted by molar-refractivity contribution is -0.136. The molecule has 2 aromatic rings. The van der Waals surface area contributed by atoms with Crippen LogP contribution in [0.15, 0.2) is 42.5 Å². The van der Waals surface area contributed by atoms with Crippen molar-refractivity contribution >= 4 is 23.2 Å². The van der Waals surface area contributed by atoms with E-state index < -0.39 is 11.8 Å². The van der Waals surface area contributed by atoms with Crippen molar-refractivity contribution in [2.45, 2.75) is 25.8 Å². The Morgan fingerprint density at radius 1 is 1.15 bits per heavy atom. The molecule has 1 aliphatic rings. The first-order chi connectivity index (χ1) is 13.0. The second kappa shape index (κ2) is 8.12. The number of ether oxygens (including phenoxy) is 1. The number of anilines is 2. The van der Waals surface area contributed by atoms with E-state index >= 15 is 0 Å². The second-order valence-electron chi connectivity index (χ2n) is 6.76. The summed E-state index contributed by atoms with van der Waals surface area (Å²) in [6.45, 7) is 2.85. The minimum absolute atomic E-state index is 0.350. The van der Waals surface area contributed by atoms with Gasteiger partial charge in [-0.05, 0) is 49.6 Å². The van der Waals surface area contributed by atoms with E-state index in [-0.39, 0.29) is 6.04 Å². The number of carbonyl (C=O) groups is 2. The maximum Gasteiger partial charge on any atom is 0.313 e. The van der Waals surface area contributed by atoms with Crippen molar-refractivity contribution < 1.29 is 14.3 Å². The van der Waals surface area contributed by atoms with Gasteiger partial charge in [-0.1, -0.05) is 18.2 Å². The average Bonchev–Trinajstić information content (AvgIpc) is 2.67. The summed E-state index contributed by atoms with van der Waals surface area (Å²) in [5.74, 6) is -0.686. The van der Waals surface area contributed by atoms with Crippen molar-refractivity contribution in [2.75, 3.05) is 30.9 Å². The molecule has 0 spiro atoms. The van der Waals surface area contributed by atoms with Gasteiger partial charge in [-0.15, -0.1) is 0 Å². The molecule has 2 aromatic carbocycles. The van der Waals surface area contributed by atoms with Gasteiger partial charge in [-0.2, -0.15) is 0 Å². The van der Waals surface area contributed by atoms with Crippen molar-refractivity contribution in [3.8, 4) is 5.75 Å². The first kappa shape index (κ1) is 18.8. The Balaban J connectivity index is 1.65. The van der Waals surface area contributed by atoms with Gasteiger partial charge in [0, 0.05) is 30.5 Å². The minimum Gasteiger partial charge on any atom is -0.496 e. The lowest BCUT2D eigenvalue weighted by Crippen LogP contribution is -2.37. The van der Waals surface area contributed by atoms with Crippen LogP contribution in [-0.2, 0) is 16.0 Å². The molecule has 6 heteroatoms. The molecule has 1 aliphatic heterocycles. The smallest absolute Gasteiger partial charge is 0.313 e. The normalized spacial score (nSPS) is 14.1. The zero-order valence-corrected chi connectivity index (χ0v) is 15.9. The van der Waals surface area contributed by atoms with Gasteiger partial charge in [-0.25, -0.2) is 0 Å². The number of carbonyl (C=O) groups excluding carboxylic acids is 2. The standard InChI is InChI=1S/C21H25N3O3/c1-14(17-8-4-5-9-19(17)27-3)22-20(25)21(26)23-16-10-11-18-15(13-16)7-6-12-24(18)2/h4-5,8-11,13-14H,6-7,12H2,1-3H3,(H,22,25)(H,23,26)/t14-/m1/s1. The first-order valence-corrected chi connectivity index (χ1v) is 9.08. The number of nitrogens with one attached hydrogen (secondary N) is 2. The van der Waals surface area contributed by atoms with E-state index in [2.05, 4.69) is 22.6 Å². The molecule has 0 unspecified atom stereocenters. The van der Waals surface area contributed by atoms with E-state index in [1.54, 1.807) is 7.11 Å². The Kier molecular flexibility index (Phi) is 5.64. The van der Waals surface area contributed by atoms with Gasteiger partial charge >= 0.3 is 11.8 Å². The molecule has 0 radical (unpaired) electrons. The molecule has 2 N–H and O–H groups in total. The highest BCUT2D eigenvalue weighted by molar-refractivity contribution is 6.39. The van der Waals surface area contributed by atoms with E-state index in [1.807, 2.05) is 49.4 Å². The molecular weight excluding hydrogens is 342 g/mol. The van der Waals surface area contributed by atoms with E-state index in [4.69, 9.17) is 4.74 Å². The Morgan fingerprint density at radius 3 is 2.70 bits per heavy atom. The van der Waals surface area contributed by atoms with Crippen LogP contribution in [0.4, 0.5) is 11.4 Å². The summed E-state index contributed by atoms with van der Waals surface area (Å²) in [6, 6.07) is 12.8. The van der Waals surface area contributed by atoms with Gasteiger partial charge in [-0.3, -0.25) is 9.59 Å². The lowest BCUT2D eigenvalue weighted by atomic mass is 10.0. The molecule has 1 heterocycles. The third-order valence-electron chi connectivity index (χ3n) is 4.85. The highest BCUT2D eigenvalue weighted by Crippen LogP contribution is 2.28. The predicted molar refractivity (Wildman–Crippen MR) is 106 cm³/mol. The summed E-state index contributed by atoms with van der Waals surface area (Å²) in [5.41, 5.74) is 3.81. The quantitative estimate of drug-likeness (QED) is 0.815. The van der Waals surface area contributed by atoms with Crippen molar-refractivity contribution in [3.63, 3.8) is 0 Å². The van der Waals surface area contributed by atoms with Crippen LogP contribution in [0.1, 0.15) is 30.5 Å². The van der Waals surface area contributed by atoms with Gasteiger partial charge in [0.05, 0.1) is 13.2 Å². The number of hydrogen-bond acceptors (Lipinski definition) is 4. The van der Waals surface area contributed by atoms with Crippen LogP contribution in [0.2, 0.25) is 0 Å². The zero-order chi connectivity index (χ0) is 19.4. The zero-order valence-electron chi connectivity index (χ0n) is 15.9. The van der Waals surface area contributed by atoms with Crippen LogP contribution in [0, 0.1) is 0 Å². The third-order valence-corrected chi connectivity index (χ3v) is 4.85. The number of hydrogen-bond donors (Lipinski definition) is 2. The molecule has 0 aliphatic carbocycles. The van der Waals surface area contributed by atoms with Gasteiger partial charge in [0.25, 0.3) is 0 Å². The van der Waals surface area contributed by atoms with Crippen LogP contribution in [0.3, 0.4) is 0 Å². The molecule has 0 fully saturated rings. The number of methoxy groups -OCH3 is 1. The number of amides is 2. The predicted octanol–water partition coefficient (Wildman–Crippen LogP) is 2.89. The fourth-order valence-electron chi connectivity index (χ4n) is 3.41. The molecule has 0 saturated heterocycles. The summed E-state index contributed by atoms with van der Waals surface area (Å²) in [4.78, 5) is 26.8. The summed E-state index contributed by atoms with van der Waals surface area (Å²) in [5, 5.41) is 5.41. The second-order valence-corrected chi connectivity index (χ2v) is 6.76. The van der Waals surface area contributed by atoms with Gasteiger partial charge in [0.1, 0.15) is 5.75 Å². The number of nitrogens with zero attached hydrogens (tertiary/aromatic N) is 1. The molecule has 142 valence electrons. The molecule has 0 saturated carbocycles. The van der Waals surface area contributed by atoms with Gasteiger partial charge in [0.2, 0.25) is 0 Å². The minimum atomic E-state index is -0.680. The van der Waals surface area contributed by atoms with Crippen molar-refractivity contribution in [1.29, 1.82) is 0 Å². The average molecular weight is 367 g/mol. The number of benzene rings is 2. The molecular formula is C21H25N3O3. The van der Waals surface area contributed by atoms with E-state index in [1.165, 1.54) is 11.3 Å². The SMILES string of the molecule is COc1ccccc1[C@@H](C)NC(=O)C(=O)Nc1ccc2c(c1)CCCN2C. The summed E-state index contributed by atoms with van der Waals surface area (Å²) >= 11 is 0. The Labute approximate surface area is 159 Å². The number of fused-ring (bicyclic) bond motifs is 1. The molecule has 0 bridgehead atoms. The molecule has 1 atom stereocenters. The summed E-state index contributed by atoms with van der Waals surface area (Å²) in [7, 11) is 3.64. The van der Waals surface area contributed by atoms with Crippen LogP contribution < -0.4 is 20.3 Å². The van der Waals surface area contributed by atoms with Crippen molar-refractivity contribution in [3.05, 3.63) is 53.6 Å². The third kappa shape index (κ3) is 4.22. The topological polar surface area (TPSA) is 70.7 Å². The van der Waals surface area contributed by atoms with Crippen LogP contribution in [0.25, 0.3) is 0 Å². The first-order valence-electron chi connectivity index (χ1n) is 9.08. The molecule has 0 aromatic heterocycles. The molecule has 6 nitrogen and oxygen atoms in total. The largest absolute Gasteiger partial charge is 0.496 e. The summed E-state index contributed by atoms with van der Waals surface area (Å²) in [6.07, 6.45) is 2.05. The van der Waals surface area contributed by atoms with Gasteiger partial charge in [0.15, 0.2) is 0 Å². The highest BCUT2D eigenvalue weighted by atomic mass is 16.5. The van der Waals surface area contributed by atoms with Crippen LogP contribution in [-0.4, -0.2) is 32.5 Å². The van der Waals surface area contributed by atoms with Crippen molar-refractivity contribution in [2.24, 2.45) is 0 Å². The summed E-state index contributed by atoms with van der Waals surface area (Å²) < 4.78 is 5.31. The fraction of sp³-hybridized carbons (Fsp3) is 0.333. The Morgan fingerprint density at radius 2 is 1.93 bits per heavy atom. The molecule has 3 rings (SSSR count). The monoisotopic (exact) mass is 367 g/mol. The van der Waals surface area contributed by atoms with E-state index in [9.17, 15) is 9.59 Å². The Hall–Kier alpha value is -3.02. The number of aryl methyl sites for hydroxylation is 1. The maximum atomic E-state index is 12.3. The van der Waals surface area contributed by atoms with Gasteiger partial charge < -0.3 is 20.3 Å². The highest BCUT2D eigenvalue weighted by Gasteiger charge is 2.20. The molecule has 27 heavy (non-hydrogen) atoms. The lowest BCUT2D eigenvalue weighted by Gasteiger charge is -2.27. The molecule has 2 amide bonds. The fourth-order valence-corrected chi connectivity index (χ4v) is 3.41. The van der Waals surface area contributed by atoms with E-state index in [0.717, 1.165) is 24.9 Å². The maximum absolute atomic E-state index is 12.3. The van der Waals surface area contributed by atoms with Crippen molar-refractivity contribution in [1.82, 2.24) is 5.32 Å². The van der Waals surface area contributed by atoms with Crippen LogP contribution in [0.5, 0.6) is 5.75 Å². The number of rotatable bonds is 4. The Bertz CT molecular complexity index is 850. The van der Waals surface area contributed by atoms with Crippen LogP contribution >= 0.6 is 0 Å².